The summed E-state index contributed by atoms with van der Waals surface area (Å²) in [6.45, 7) is 2.12. The lowest BCUT2D eigenvalue weighted by Gasteiger charge is -2.02. The molecule has 0 fully saturated rings. The quantitative estimate of drug-likeness (QED) is 0.693. The van der Waals surface area contributed by atoms with E-state index in [1.54, 1.807) is 6.07 Å². The van der Waals surface area contributed by atoms with Crippen LogP contribution in [0.4, 0.5) is 5.69 Å². The van der Waals surface area contributed by atoms with Crippen molar-refractivity contribution in [2.45, 2.75) is 13.3 Å². The Morgan fingerprint density at radius 1 is 1.17 bits per heavy atom. The molecule has 0 spiro atoms. The maximum absolute atomic E-state index is 5.79. The number of rotatable bonds is 2. The average molecular weight is 238 g/mol. The van der Waals surface area contributed by atoms with Gasteiger partial charge in [-0.1, -0.05) is 25.1 Å². The number of benzene rings is 2. The highest BCUT2D eigenvalue weighted by molar-refractivity contribution is 5.79. The maximum Gasteiger partial charge on any atom is 0.227 e. The topological polar surface area (TPSA) is 52.0 Å². The van der Waals surface area contributed by atoms with Gasteiger partial charge in [0.25, 0.3) is 0 Å². The first-order chi connectivity index (χ1) is 8.78. The highest BCUT2D eigenvalue weighted by atomic mass is 16.3. The molecule has 0 atom stereocenters. The lowest BCUT2D eigenvalue weighted by Crippen LogP contribution is -1.86. The standard InChI is InChI=1S/C15H14N2O/c1-2-10-5-3-4-6-12(10)15-17-13-8-7-11(16)9-14(13)18-15/h3-9H,2,16H2,1H3. The number of nitrogens with two attached hydrogens (primary N) is 1. The molecule has 3 nitrogen and oxygen atoms in total. The third-order valence-electron chi connectivity index (χ3n) is 3.04. The molecule has 0 saturated heterocycles. The predicted molar refractivity (Wildman–Crippen MR) is 73.2 cm³/mol. The van der Waals surface area contributed by atoms with E-state index in [-0.39, 0.29) is 0 Å². The lowest BCUT2D eigenvalue weighted by molar-refractivity contribution is 0.619. The Morgan fingerprint density at radius 3 is 2.83 bits per heavy atom. The number of fused-ring (bicyclic) bond motifs is 1. The molecule has 2 aromatic carbocycles. The molecule has 0 aliphatic heterocycles. The van der Waals surface area contributed by atoms with Gasteiger partial charge in [0.1, 0.15) is 5.52 Å². The minimum absolute atomic E-state index is 0.660. The van der Waals surface area contributed by atoms with Crippen LogP contribution in [0.25, 0.3) is 22.6 Å². The summed E-state index contributed by atoms with van der Waals surface area (Å²) >= 11 is 0. The van der Waals surface area contributed by atoms with E-state index >= 15 is 0 Å². The first-order valence-electron chi connectivity index (χ1n) is 6.02. The Labute approximate surface area is 105 Å². The van der Waals surface area contributed by atoms with E-state index < -0.39 is 0 Å². The van der Waals surface area contributed by atoms with Gasteiger partial charge in [0.15, 0.2) is 5.58 Å². The fourth-order valence-corrected chi connectivity index (χ4v) is 2.09. The summed E-state index contributed by atoms with van der Waals surface area (Å²) in [6.07, 6.45) is 0.955. The molecule has 2 N–H and O–H groups in total. The van der Waals surface area contributed by atoms with Crippen molar-refractivity contribution < 1.29 is 4.42 Å². The van der Waals surface area contributed by atoms with E-state index in [1.807, 2.05) is 30.3 Å². The van der Waals surface area contributed by atoms with Gasteiger partial charge in [-0.3, -0.25) is 0 Å². The molecule has 0 amide bonds. The molecular formula is C15H14N2O. The number of aryl methyl sites for hydroxylation is 1. The van der Waals surface area contributed by atoms with Gasteiger partial charge in [-0.05, 0) is 30.2 Å². The van der Waals surface area contributed by atoms with Crippen molar-refractivity contribution in [2.75, 3.05) is 5.73 Å². The van der Waals surface area contributed by atoms with Crippen LogP contribution in [0.2, 0.25) is 0 Å². The molecule has 3 aromatic rings. The SMILES string of the molecule is CCc1ccccc1-c1nc2ccc(N)cc2o1. The van der Waals surface area contributed by atoms with E-state index in [0.29, 0.717) is 11.6 Å². The Bertz CT molecular complexity index is 701. The van der Waals surface area contributed by atoms with E-state index in [0.717, 1.165) is 23.1 Å². The van der Waals surface area contributed by atoms with Crippen molar-refractivity contribution >= 4 is 16.8 Å². The van der Waals surface area contributed by atoms with Gasteiger partial charge >= 0.3 is 0 Å². The highest BCUT2D eigenvalue weighted by Crippen LogP contribution is 2.28. The van der Waals surface area contributed by atoms with Crippen LogP contribution in [-0.2, 0) is 6.42 Å². The Kier molecular flexibility index (Phi) is 2.52. The van der Waals surface area contributed by atoms with E-state index in [2.05, 4.69) is 18.0 Å². The molecule has 0 radical (unpaired) electrons. The lowest BCUT2D eigenvalue weighted by atomic mass is 10.1. The summed E-state index contributed by atoms with van der Waals surface area (Å²) in [4.78, 5) is 4.51. The average Bonchev–Trinajstić information content (AvgIpc) is 2.81. The van der Waals surface area contributed by atoms with Gasteiger partial charge in [0.05, 0.1) is 0 Å². The van der Waals surface area contributed by atoms with Crippen LogP contribution in [0.3, 0.4) is 0 Å². The highest BCUT2D eigenvalue weighted by Gasteiger charge is 2.10. The Morgan fingerprint density at radius 2 is 2.00 bits per heavy atom. The number of aromatic nitrogens is 1. The molecular weight excluding hydrogens is 224 g/mol. The van der Waals surface area contributed by atoms with Crippen LogP contribution in [-0.4, -0.2) is 4.98 Å². The van der Waals surface area contributed by atoms with Gasteiger partial charge in [0, 0.05) is 17.3 Å². The van der Waals surface area contributed by atoms with Gasteiger partial charge in [-0.15, -0.1) is 0 Å². The summed E-state index contributed by atoms with van der Waals surface area (Å²) in [5.41, 5.74) is 10.3. The fourth-order valence-electron chi connectivity index (χ4n) is 2.09. The predicted octanol–water partition coefficient (Wildman–Crippen LogP) is 3.64. The normalized spacial score (nSPS) is 10.9. The number of oxazole rings is 1. The second-order valence-corrected chi connectivity index (χ2v) is 4.26. The van der Waals surface area contributed by atoms with Crippen molar-refractivity contribution in [2.24, 2.45) is 0 Å². The van der Waals surface area contributed by atoms with Crippen molar-refractivity contribution in [3.8, 4) is 11.5 Å². The molecule has 1 aromatic heterocycles. The third-order valence-corrected chi connectivity index (χ3v) is 3.04. The van der Waals surface area contributed by atoms with Gasteiger partial charge < -0.3 is 10.2 Å². The largest absolute Gasteiger partial charge is 0.436 e. The van der Waals surface area contributed by atoms with E-state index in [4.69, 9.17) is 10.2 Å². The van der Waals surface area contributed by atoms with E-state index in [1.165, 1.54) is 5.56 Å². The summed E-state index contributed by atoms with van der Waals surface area (Å²) in [5.74, 6) is 0.660. The molecule has 18 heavy (non-hydrogen) atoms. The minimum atomic E-state index is 0.660. The zero-order chi connectivity index (χ0) is 12.5. The van der Waals surface area contributed by atoms with Crippen LogP contribution in [0.1, 0.15) is 12.5 Å². The zero-order valence-electron chi connectivity index (χ0n) is 10.2. The van der Waals surface area contributed by atoms with Crippen LogP contribution in [0.15, 0.2) is 46.9 Å². The van der Waals surface area contributed by atoms with Gasteiger partial charge in [-0.25, -0.2) is 4.98 Å². The summed E-state index contributed by atoms with van der Waals surface area (Å²) in [6, 6.07) is 13.7. The molecule has 0 aliphatic carbocycles. The Hall–Kier alpha value is -2.29. The smallest absolute Gasteiger partial charge is 0.227 e. The molecule has 3 rings (SSSR count). The number of hydrogen-bond acceptors (Lipinski definition) is 3. The fraction of sp³-hybridized carbons (Fsp3) is 0.133. The summed E-state index contributed by atoms with van der Waals surface area (Å²) < 4.78 is 5.79. The first kappa shape index (κ1) is 10.8. The molecule has 90 valence electrons. The third kappa shape index (κ3) is 1.74. The number of anilines is 1. The molecule has 0 bridgehead atoms. The van der Waals surface area contributed by atoms with Crippen LogP contribution in [0.5, 0.6) is 0 Å². The van der Waals surface area contributed by atoms with Crippen molar-refractivity contribution in [3.05, 3.63) is 48.0 Å². The summed E-state index contributed by atoms with van der Waals surface area (Å²) in [5, 5.41) is 0. The molecule has 0 unspecified atom stereocenters. The second-order valence-electron chi connectivity index (χ2n) is 4.26. The molecule has 0 aliphatic rings. The van der Waals surface area contributed by atoms with Gasteiger partial charge in [0.2, 0.25) is 5.89 Å². The molecule has 3 heteroatoms. The van der Waals surface area contributed by atoms with Crippen molar-refractivity contribution in [1.82, 2.24) is 4.98 Å². The Balaban J connectivity index is 2.19. The van der Waals surface area contributed by atoms with Crippen molar-refractivity contribution in [1.29, 1.82) is 0 Å². The number of nitrogens with zero attached hydrogens (tertiary/aromatic N) is 1. The van der Waals surface area contributed by atoms with Crippen LogP contribution < -0.4 is 5.73 Å². The van der Waals surface area contributed by atoms with E-state index in [9.17, 15) is 0 Å². The van der Waals surface area contributed by atoms with Gasteiger partial charge in [-0.2, -0.15) is 0 Å². The number of hydrogen-bond donors (Lipinski definition) is 1. The van der Waals surface area contributed by atoms with Crippen LogP contribution in [0, 0.1) is 0 Å². The summed E-state index contributed by atoms with van der Waals surface area (Å²) in [7, 11) is 0. The van der Waals surface area contributed by atoms with Crippen molar-refractivity contribution in [3.63, 3.8) is 0 Å². The zero-order valence-corrected chi connectivity index (χ0v) is 10.2. The molecule has 0 saturated carbocycles. The number of nitrogen functional groups attached to an aromatic ring is 1. The molecule has 1 heterocycles. The maximum atomic E-state index is 5.79. The van der Waals surface area contributed by atoms with Crippen LogP contribution >= 0.6 is 0 Å². The minimum Gasteiger partial charge on any atom is -0.436 e. The second kappa shape index (κ2) is 4.18. The monoisotopic (exact) mass is 238 g/mol. The first-order valence-corrected chi connectivity index (χ1v) is 6.02.